The Balaban J connectivity index is 2.17. The summed E-state index contributed by atoms with van der Waals surface area (Å²) in [5, 5.41) is 0. The monoisotopic (exact) mass is 301 g/mol. The number of hydrogen-bond acceptors (Lipinski definition) is 2. The third-order valence-electron chi connectivity index (χ3n) is 1.94. The standard InChI is InChI=1S/C11H16BrN3S/c12-9-5-1-2-6-10(9)16-8-4-3-7-15-11(13)14/h1-2,5-6H,3-4,7-8H2,(H4,13,14,15). The molecule has 0 saturated carbocycles. The predicted molar refractivity (Wildman–Crippen MR) is 74.8 cm³/mol. The van der Waals surface area contributed by atoms with Crippen LogP contribution >= 0.6 is 27.7 Å². The van der Waals surface area contributed by atoms with E-state index >= 15 is 0 Å². The largest absolute Gasteiger partial charge is 0.370 e. The molecule has 0 spiro atoms. The number of guanidine groups is 1. The highest BCUT2D eigenvalue weighted by Gasteiger charge is 1.98. The highest BCUT2D eigenvalue weighted by atomic mass is 79.9. The van der Waals surface area contributed by atoms with Gasteiger partial charge in [0.2, 0.25) is 0 Å². The molecule has 0 aliphatic heterocycles. The molecule has 0 atom stereocenters. The summed E-state index contributed by atoms with van der Waals surface area (Å²) in [6.45, 7) is 0.721. The van der Waals surface area contributed by atoms with E-state index in [1.807, 2.05) is 23.9 Å². The first-order chi connectivity index (χ1) is 7.70. The van der Waals surface area contributed by atoms with E-state index in [1.54, 1.807) is 0 Å². The van der Waals surface area contributed by atoms with Crippen molar-refractivity contribution in [3.8, 4) is 0 Å². The number of halogens is 1. The number of unbranched alkanes of at least 4 members (excludes halogenated alkanes) is 1. The van der Waals surface area contributed by atoms with Crippen molar-refractivity contribution in [3.63, 3.8) is 0 Å². The van der Waals surface area contributed by atoms with Gasteiger partial charge < -0.3 is 11.5 Å². The normalized spacial score (nSPS) is 10.1. The molecular formula is C11H16BrN3S. The summed E-state index contributed by atoms with van der Waals surface area (Å²) in [7, 11) is 0. The van der Waals surface area contributed by atoms with Crippen molar-refractivity contribution in [3.05, 3.63) is 28.7 Å². The molecule has 3 nitrogen and oxygen atoms in total. The number of hydrogen-bond donors (Lipinski definition) is 2. The topological polar surface area (TPSA) is 64.4 Å². The molecule has 0 aliphatic carbocycles. The summed E-state index contributed by atoms with van der Waals surface area (Å²) < 4.78 is 1.16. The Morgan fingerprint density at radius 1 is 1.25 bits per heavy atom. The van der Waals surface area contributed by atoms with E-state index in [0.717, 1.165) is 29.6 Å². The van der Waals surface area contributed by atoms with Crippen LogP contribution in [0.4, 0.5) is 0 Å². The minimum Gasteiger partial charge on any atom is -0.370 e. The fraction of sp³-hybridized carbons (Fsp3) is 0.364. The van der Waals surface area contributed by atoms with E-state index in [-0.39, 0.29) is 5.96 Å². The number of thioether (sulfide) groups is 1. The minimum absolute atomic E-state index is 0.179. The van der Waals surface area contributed by atoms with Gasteiger partial charge in [-0.2, -0.15) is 0 Å². The second-order valence-electron chi connectivity index (χ2n) is 3.29. The van der Waals surface area contributed by atoms with Crippen LogP contribution in [-0.2, 0) is 0 Å². The van der Waals surface area contributed by atoms with E-state index in [1.165, 1.54) is 4.90 Å². The third-order valence-corrected chi connectivity index (χ3v) is 4.05. The van der Waals surface area contributed by atoms with E-state index in [4.69, 9.17) is 11.5 Å². The van der Waals surface area contributed by atoms with E-state index in [2.05, 4.69) is 33.1 Å². The van der Waals surface area contributed by atoms with Gasteiger partial charge in [0.05, 0.1) is 0 Å². The van der Waals surface area contributed by atoms with E-state index < -0.39 is 0 Å². The molecule has 0 aliphatic rings. The van der Waals surface area contributed by atoms with Gasteiger partial charge in [-0.05, 0) is 46.7 Å². The van der Waals surface area contributed by atoms with Crippen LogP contribution in [0.3, 0.4) is 0 Å². The fourth-order valence-corrected chi connectivity index (χ4v) is 2.74. The van der Waals surface area contributed by atoms with Crippen molar-refractivity contribution >= 4 is 33.7 Å². The van der Waals surface area contributed by atoms with Gasteiger partial charge in [-0.1, -0.05) is 12.1 Å². The highest BCUT2D eigenvalue weighted by Crippen LogP contribution is 2.27. The quantitative estimate of drug-likeness (QED) is 0.367. The van der Waals surface area contributed by atoms with Crippen LogP contribution < -0.4 is 11.5 Å². The smallest absolute Gasteiger partial charge is 0.185 e. The Bertz CT molecular complexity index is 351. The molecule has 88 valence electrons. The molecular weight excluding hydrogens is 286 g/mol. The average Bonchev–Trinajstić information content (AvgIpc) is 2.25. The van der Waals surface area contributed by atoms with Crippen LogP contribution in [0.25, 0.3) is 0 Å². The van der Waals surface area contributed by atoms with Crippen molar-refractivity contribution in [2.24, 2.45) is 16.5 Å². The molecule has 0 fully saturated rings. The Hall–Kier alpha value is -0.680. The van der Waals surface area contributed by atoms with Crippen molar-refractivity contribution in [2.45, 2.75) is 17.7 Å². The van der Waals surface area contributed by atoms with Crippen LogP contribution in [0, 0.1) is 0 Å². The minimum atomic E-state index is 0.179. The Morgan fingerprint density at radius 2 is 2.00 bits per heavy atom. The lowest BCUT2D eigenvalue weighted by atomic mass is 10.3. The van der Waals surface area contributed by atoms with Crippen LogP contribution in [0.2, 0.25) is 0 Å². The van der Waals surface area contributed by atoms with Crippen molar-refractivity contribution in [2.75, 3.05) is 12.3 Å². The summed E-state index contributed by atoms with van der Waals surface area (Å²) in [5.41, 5.74) is 10.5. The zero-order valence-corrected chi connectivity index (χ0v) is 11.4. The number of nitrogens with two attached hydrogens (primary N) is 2. The van der Waals surface area contributed by atoms with Gasteiger partial charge in [0.15, 0.2) is 5.96 Å². The zero-order chi connectivity index (χ0) is 11.8. The predicted octanol–water partition coefficient (Wildman–Crippen LogP) is 2.59. The Kier molecular flexibility index (Phi) is 6.33. The van der Waals surface area contributed by atoms with Crippen LogP contribution in [0.5, 0.6) is 0 Å². The molecule has 0 unspecified atom stereocenters. The summed E-state index contributed by atoms with van der Waals surface area (Å²) in [4.78, 5) is 5.22. The van der Waals surface area contributed by atoms with Gasteiger partial charge in [0, 0.05) is 15.9 Å². The molecule has 0 heterocycles. The molecule has 5 heteroatoms. The molecule has 16 heavy (non-hydrogen) atoms. The summed E-state index contributed by atoms with van der Waals surface area (Å²) in [5.74, 6) is 1.27. The van der Waals surface area contributed by atoms with E-state index in [9.17, 15) is 0 Å². The van der Waals surface area contributed by atoms with E-state index in [0.29, 0.717) is 0 Å². The molecule has 1 aromatic carbocycles. The van der Waals surface area contributed by atoms with Gasteiger partial charge >= 0.3 is 0 Å². The maximum absolute atomic E-state index is 5.23. The van der Waals surface area contributed by atoms with Crippen molar-refractivity contribution in [1.29, 1.82) is 0 Å². The Morgan fingerprint density at radius 3 is 2.69 bits per heavy atom. The first kappa shape index (κ1) is 13.4. The lowest BCUT2D eigenvalue weighted by Gasteiger charge is -2.03. The first-order valence-corrected chi connectivity index (χ1v) is 6.90. The highest BCUT2D eigenvalue weighted by molar-refractivity contribution is 9.10. The zero-order valence-electron chi connectivity index (χ0n) is 9.03. The van der Waals surface area contributed by atoms with Crippen molar-refractivity contribution in [1.82, 2.24) is 0 Å². The first-order valence-electron chi connectivity index (χ1n) is 5.13. The molecule has 0 bridgehead atoms. The summed E-state index contributed by atoms with van der Waals surface area (Å²) in [6, 6.07) is 8.24. The summed E-state index contributed by atoms with van der Waals surface area (Å²) in [6.07, 6.45) is 2.14. The number of nitrogens with zero attached hydrogens (tertiary/aromatic N) is 1. The van der Waals surface area contributed by atoms with Crippen LogP contribution in [0.15, 0.2) is 38.6 Å². The molecule has 4 N–H and O–H groups in total. The second kappa shape index (κ2) is 7.57. The van der Waals surface area contributed by atoms with Gasteiger partial charge in [-0.15, -0.1) is 11.8 Å². The number of rotatable bonds is 6. The molecule has 0 saturated heterocycles. The molecule has 0 amide bonds. The fourth-order valence-electron chi connectivity index (χ4n) is 1.17. The van der Waals surface area contributed by atoms with Crippen LogP contribution in [-0.4, -0.2) is 18.3 Å². The maximum Gasteiger partial charge on any atom is 0.185 e. The third kappa shape index (κ3) is 5.42. The van der Waals surface area contributed by atoms with Gasteiger partial charge in [-0.25, -0.2) is 0 Å². The second-order valence-corrected chi connectivity index (χ2v) is 5.28. The number of benzene rings is 1. The SMILES string of the molecule is NC(N)=NCCCCSc1ccccc1Br. The molecule has 1 rings (SSSR count). The average molecular weight is 302 g/mol. The molecule has 1 aromatic rings. The number of aliphatic imine (C=N–C) groups is 1. The lowest BCUT2D eigenvalue weighted by Crippen LogP contribution is -2.22. The van der Waals surface area contributed by atoms with Crippen molar-refractivity contribution < 1.29 is 0 Å². The Labute approximate surface area is 109 Å². The molecule has 0 radical (unpaired) electrons. The molecule has 0 aromatic heterocycles. The maximum atomic E-state index is 5.23. The van der Waals surface area contributed by atoms with Crippen LogP contribution in [0.1, 0.15) is 12.8 Å². The summed E-state index contributed by atoms with van der Waals surface area (Å²) >= 11 is 5.37. The van der Waals surface area contributed by atoms with Gasteiger partial charge in [0.25, 0.3) is 0 Å². The van der Waals surface area contributed by atoms with Gasteiger partial charge in [0.1, 0.15) is 0 Å². The van der Waals surface area contributed by atoms with Gasteiger partial charge in [-0.3, -0.25) is 4.99 Å². The lowest BCUT2D eigenvalue weighted by molar-refractivity contribution is 0.813.